The van der Waals surface area contributed by atoms with Crippen LogP contribution in [0.5, 0.6) is 0 Å². The van der Waals surface area contributed by atoms with Gasteiger partial charge in [-0.1, -0.05) is 12.1 Å². The second kappa shape index (κ2) is 7.54. The van der Waals surface area contributed by atoms with Crippen molar-refractivity contribution >= 4 is 16.8 Å². The third-order valence-electron chi connectivity index (χ3n) is 3.24. The second-order valence-corrected chi connectivity index (χ2v) is 4.82. The molecule has 1 heterocycles. The number of carbonyl (C=O) groups is 1. The van der Waals surface area contributed by atoms with Crippen LogP contribution in [-0.4, -0.2) is 35.6 Å². The maximum atomic E-state index is 12.2. The molecule has 0 aliphatic carbocycles. The van der Waals surface area contributed by atoms with Crippen molar-refractivity contribution in [3.8, 4) is 0 Å². The number of para-hydroxylation sites is 1. The van der Waals surface area contributed by atoms with Crippen LogP contribution in [0.15, 0.2) is 35.4 Å². The van der Waals surface area contributed by atoms with Gasteiger partial charge in [-0.2, -0.15) is 0 Å². The monoisotopic (exact) mass is 288 g/mol. The third-order valence-corrected chi connectivity index (χ3v) is 3.24. The molecule has 0 aliphatic rings. The van der Waals surface area contributed by atoms with Gasteiger partial charge < -0.3 is 10.6 Å². The summed E-state index contributed by atoms with van der Waals surface area (Å²) >= 11 is 0. The average molecular weight is 288 g/mol. The lowest BCUT2D eigenvalue weighted by Crippen LogP contribution is -2.29. The van der Waals surface area contributed by atoms with Crippen molar-refractivity contribution in [2.24, 2.45) is 0 Å². The molecule has 6 heteroatoms. The minimum Gasteiger partial charge on any atom is -0.356 e. The predicted molar refractivity (Wildman–Crippen MR) is 82.2 cm³/mol. The Labute approximate surface area is 123 Å². The molecule has 2 rings (SSSR count). The highest BCUT2D eigenvalue weighted by Gasteiger charge is 2.05. The fourth-order valence-electron chi connectivity index (χ4n) is 2.07. The van der Waals surface area contributed by atoms with E-state index < -0.39 is 0 Å². The first-order chi connectivity index (χ1) is 10.2. The van der Waals surface area contributed by atoms with Crippen LogP contribution in [0.4, 0.5) is 0 Å². The Morgan fingerprint density at radius 2 is 2.10 bits per heavy atom. The molecule has 0 aliphatic heterocycles. The maximum Gasteiger partial charge on any atom is 0.261 e. The summed E-state index contributed by atoms with van der Waals surface area (Å²) in [6.07, 6.45) is 2.66. The quantitative estimate of drug-likeness (QED) is 0.728. The average Bonchev–Trinajstić information content (AvgIpc) is 2.51. The number of hydrogen-bond donors (Lipinski definition) is 2. The molecule has 1 amide bonds. The summed E-state index contributed by atoms with van der Waals surface area (Å²) < 4.78 is 1.48. The van der Waals surface area contributed by atoms with Gasteiger partial charge in [0.05, 0.1) is 17.2 Å². The molecule has 0 unspecified atom stereocenters. The molecule has 0 fully saturated rings. The van der Waals surface area contributed by atoms with E-state index >= 15 is 0 Å². The number of benzene rings is 1. The Bertz CT molecular complexity index is 666. The Kier molecular flexibility index (Phi) is 5.45. The number of aromatic nitrogens is 2. The molecule has 2 N–H and O–H groups in total. The topological polar surface area (TPSA) is 76.0 Å². The van der Waals surface area contributed by atoms with Gasteiger partial charge in [0.15, 0.2) is 0 Å². The van der Waals surface area contributed by atoms with Crippen LogP contribution in [0, 0.1) is 0 Å². The number of carbonyl (C=O) groups excluding carboxylic acids is 1. The van der Waals surface area contributed by atoms with Crippen LogP contribution in [0.1, 0.15) is 12.8 Å². The highest BCUT2D eigenvalue weighted by atomic mass is 16.1. The minimum atomic E-state index is -0.108. The van der Waals surface area contributed by atoms with Gasteiger partial charge in [0.25, 0.3) is 5.56 Å². The summed E-state index contributed by atoms with van der Waals surface area (Å²) in [5, 5.41) is 6.43. The van der Waals surface area contributed by atoms with E-state index in [9.17, 15) is 9.59 Å². The molecular formula is C15H20N4O2. The number of fused-ring (bicyclic) bond motifs is 1. The molecule has 0 spiro atoms. The summed E-state index contributed by atoms with van der Waals surface area (Å²) in [6.45, 7) is 1.85. The van der Waals surface area contributed by atoms with Crippen LogP contribution in [0.3, 0.4) is 0 Å². The second-order valence-electron chi connectivity index (χ2n) is 4.82. The van der Waals surface area contributed by atoms with E-state index in [2.05, 4.69) is 15.6 Å². The first kappa shape index (κ1) is 15.2. The van der Waals surface area contributed by atoms with Gasteiger partial charge in [0, 0.05) is 19.5 Å². The van der Waals surface area contributed by atoms with Crippen molar-refractivity contribution in [3.05, 3.63) is 40.9 Å². The molecule has 1 aromatic heterocycles. The van der Waals surface area contributed by atoms with Gasteiger partial charge in [-0.25, -0.2) is 4.98 Å². The largest absolute Gasteiger partial charge is 0.356 e. The van der Waals surface area contributed by atoms with Gasteiger partial charge in [-0.05, 0) is 32.1 Å². The zero-order valence-electron chi connectivity index (χ0n) is 12.1. The Balaban J connectivity index is 1.93. The standard InChI is InChI=1S/C15H20N4O2/c1-16-8-4-9-17-14(20)7-10-19-11-18-13-6-3-2-5-12(13)15(19)21/h2-3,5-6,11,16H,4,7-10H2,1H3,(H,17,20). The predicted octanol–water partition coefficient (Wildman–Crippen LogP) is 0.512. The first-order valence-electron chi connectivity index (χ1n) is 7.08. The number of aryl methyl sites for hydroxylation is 1. The van der Waals surface area contributed by atoms with E-state index in [0.29, 0.717) is 24.0 Å². The van der Waals surface area contributed by atoms with E-state index in [1.807, 2.05) is 19.2 Å². The highest BCUT2D eigenvalue weighted by Crippen LogP contribution is 2.04. The van der Waals surface area contributed by atoms with Crippen LogP contribution in [0.25, 0.3) is 10.9 Å². The van der Waals surface area contributed by atoms with Crippen LogP contribution >= 0.6 is 0 Å². The molecule has 0 saturated carbocycles. The summed E-state index contributed by atoms with van der Waals surface area (Å²) in [6, 6.07) is 7.20. The van der Waals surface area contributed by atoms with E-state index in [1.165, 1.54) is 10.9 Å². The normalized spacial score (nSPS) is 10.7. The molecule has 112 valence electrons. The zero-order chi connectivity index (χ0) is 15.1. The molecule has 1 aromatic carbocycles. The van der Waals surface area contributed by atoms with Crippen molar-refractivity contribution in [2.45, 2.75) is 19.4 Å². The molecule has 0 atom stereocenters. The lowest BCUT2D eigenvalue weighted by atomic mass is 10.2. The third kappa shape index (κ3) is 4.13. The molecule has 0 saturated heterocycles. The number of amides is 1. The van der Waals surface area contributed by atoms with Crippen molar-refractivity contribution in [1.82, 2.24) is 20.2 Å². The van der Waals surface area contributed by atoms with Crippen LogP contribution in [0.2, 0.25) is 0 Å². The van der Waals surface area contributed by atoms with Gasteiger partial charge in [-0.15, -0.1) is 0 Å². The van der Waals surface area contributed by atoms with E-state index in [1.54, 1.807) is 12.1 Å². The summed E-state index contributed by atoms with van der Waals surface area (Å²) in [4.78, 5) is 28.1. The van der Waals surface area contributed by atoms with Crippen molar-refractivity contribution < 1.29 is 4.79 Å². The number of rotatable bonds is 7. The molecule has 6 nitrogen and oxygen atoms in total. The molecule has 0 radical (unpaired) electrons. The van der Waals surface area contributed by atoms with E-state index in [-0.39, 0.29) is 17.9 Å². The summed E-state index contributed by atoms with van der Waals surface area (Å²) in [5.74, 6) is -0.0499. The van der Waals surface area contributed by atoms with Gasteiger partial charge in [0.2, 0.25) is 5.91 Å². The van der Waals surface area contributed by atoms with Gasteiger partial charge >= 0.3 is 0 Å². The Hall–Kier alpha value is -2.21. The smallest absolute Gasteiger partial charge is 0.261 e. The van der Waals surface area contributed by atoms with Crippen molar-refractivity contribution in [2.75, 3.05) is 20.1 Å². The number of nitrogens with zero attached hydrogens (tertiary/aromatic N) is 2. The molecular weight excluding hydrogens is 268 g/mol. The Morgan fingerprint density at radius 1 is 1.29 bits per heavy atom. The lowest BCUT2D eigenvalue weighted by Gasteiger charge is -2.07. The lowest BCUT2D eigenvalue weighted by molar-refractivity contribution is -0.121. The molecule has 21 heavy (non-hydrogen) atoms. The first-order valence-corrected chi connectivity index (χ1v) is 7.08. The zero-order valence-corrected chi connectivity index (χ0v) is 12.1. The van der Waals surface area contributed by atoms with Crippen molar-refractivity contribution in [3.63, 3.8) is 0 Å². The SMILES string of the molecule is CNCCCNC(=O)CCn1cnc2ccccc2c1=O. The van der Waals surface area contributed by atoms with Gasteiger partial charge in [-0.3, -0.25) is 14.2 Å². The fourth-order valence-corrected chi connectivity index (χ4v) is 2.07. The van der Waals surface area contributed by atoms with E-state index in [0.717, 1.165) is 13.0 Å². The highest BCUT2D eigenvalue weighted by molar-refractivity contribution is 5.77. The number of hydrogen-bond acceptors (Lipinski definition) is 4. The molecule has 2 aromatic rings. The summed E-state index contributed by atoms with van der Waals surface area (Å²) in [7, 11) is 1.88. The minimum absolute atomic E-state index is 0.0499. The van der Waals surface area contributed by atoms with E-state index in [4.69, 9.17) is 0 Å². The Morgan fingerprint density at radius 3 is 2.90 bits per heavy atom. The van der Waals surface area contributed by atoms with Crippen LogP contribution < -0.4 is 16.2 Å². The fraction of sp³-hybridized carbons (Fsp3) is 0.400. The van der Waals surface area contributed by atoms with Crippen LogP contribution in [-0.2, 0) is 11.3 Å². The van der Waals surface area contributed by atoms with Crippen molar-refractivity contribution in [1.29, 1.82) is 0 Å². The number of nitrogens with one attached hydrogen (secondary N) is 2. The maximum absolute atomic E-state index is 12.2. The summed E-state index contributed by atoms with van der Waals surface area (Å²) in [5.41, 5.74) is 0.568. The molecule has 0 bridgehead atoms. The van der Waals surface area contributed by atoms with Gasteiger partial charge in [0.1, 0.15) is 0 Å².